The molecule has 0 radical (unpaired) electrons. The van der Waals surface area contributed by atoms with Crippen molar-refractivity contribution in [1.82, 2.24) is 25.2 Å². The van der Waals surface area contributed by atoms with Crippen LogP contribution >= 0.6 is 0 Å². The van der Waals surface area contributed by atoms with Crippen LogP contribution in [0.15, 0.2) is 72.8 Å². The summed E-state index contributed by atoms with van der Waals surface area (Å²) in [4.78, 5) is 29.6. The van der Waals surface area contributed by atoms with E-state index in [4.69, 9.17) is 9.47 Å². The van der Waals surface area contributed by atoms with E-state index in [1.807, 2.05) is 73.7 Å². The standard InChI is InChI=1S/C31H35N5O4/c1-22-8-5-9-23(18-22)15-16-35(29(37)21-36-28-14-4-3-13-27(28)33-34-36)30(24-10-6-11-25(19-24)39-2)31(38)32-20-26-12-7-17-40-26/h3-6,8-11,13-14,18-19,26,30H,7,12,15-17,20-21H2,1-2H3,(H,32,38)/t26-,30+/m0/s1. The van der Waals surface area contributed by atoms with Gasteiger partial charge in [-0.25, -0.2) is 4.68 Å². The van der Waals surface area contributed by atoms with E-state index in [0.29, 0.717) is 42.9 Å². The van der Waals surface area contributed by atoms with Gasteiger partial charge in [0.05, 0.1) is 18.7 Å². The lowest BCUT2D eigenvalue weighted by molar-refractivity contribution is -0.141. The van der Waals surface area contributed by atoms with Crippen LogP contribution in [0.2, 0.25) is 0 Å². The van der Waals surface area contributed by atoms with Crippen LogP contribution in [0, 0.1) is 6.92 Å². The monoisotopic (exact) mass is 541 g/mol. The van der Waals surface area contributed by atoms with Crippen molar-refractivity contribution in [2.75, 3.05) is 26.8 Å². The Labute approximate surface area is 234 Å². The number of fused-ring (bicyclic) bond motifs is 1. The second-order valence-electron chi connectivity index (χ2n) is 10.1. The highest BCUT2D eigenvalue weighted by atomic mass is 16.5. The fraction of sp³-hybridized carbons (Fsp3) is 0.355. The van der Waals surface area contributed by atoms with Gasteiger partial charge in [-0.3, -0.25) is 9.59 Å². The van der Waals surface area contributed by atoms with Gasteiger partial charge in [-0.1, -0.05) is 59.3 Å². The smallest absolute Gasteiger partial charge is 0.247 e. The number of benzene rings is 3. The van der Waals surface area contributed by atoms with Gasteiger partial charge in [0.15, 0.2) is 0 Å². The lowest BCUT2D eigenvalue weighted by atomic mass is 10.0. The molecule has 1 aromatic heterocycles. The number of methoxy groups -OCH3 is 1. The van der Waals surface area contributed by atoms with E-state index in [1.54, 1.807) is 16.7 Å². The van der Waals surface area contributed by atoms with Crippen molar-refractivity contribution in [1.29, 1.82) is 0 Å². The molecule has 1 aliphatic rings. The molecule has 40 heavy (non-hydrogen) atoms. The minimum absolute atomic E-state index is 0.0205. The van der Waals surface area contributed by atoms with Crippen molar-refractivity contribution >= 4 is 22.8 Å². The average molecular weight is 542 g/mol. The van der Waals surface area contributed by atoms with Crippen LogP contribution in [-0.4, -0.2) is 64.6 Å². The zero-order chi connectivity index (χ0) is 27.9. The minimum atomic E-state index is -0.872. The van der Waals surface area contributed by atoms with Gasteiger partial charge in [0.25, 0.3) is 0 Å². The Hall–Kier alpha value is -4.24. The molecule has 4 aromatic rings. The number of aromatic nitrogens is 3. The van der Waals surface area contributed by atoms with Gasteiger partial charge in [0, 0.05) is 19.7 Å². The molecule has 1 N–H and O–H groups in total. The van der Waals surface area contributed by atoms with E-state index in [0.717, 1.165) is 29.5 Å². The first-order chi connectivity index (χ1) is 19.5. The number of hydrogen-bond donors (Lipinski definition) is 1. The molecule has 2 atom stereocenters. The van der Waals surface area contributed by atoms with Gasteiger partial charge in [-0.15, -0.1) is 5.10 Å². The third kappa shape index (κ3) is 6.48. The summed E-state index contributed by atoms with van der Waals surface area (Å²) < 4.78 is 12.8. The van der Waals surface area contributed by atoms with E-state index in [-0.39, 0.29) is 24.5 Å². The van der Waals surface area contributed by atoms with E-state index in [9.17, 15) is 9.59 Å². The largest absolute Gasteiger partial charge is 0.497 e. The summed E-state index contributed by atoms with van der Waals surface area (Å²) in [6.07, 6.45) is 2.45. The van der Waals surface area contributed by atoms with Gasteiger partial charge in [-0.05, 0) is 61.6 Å². The molecule has 1 saturated heterocycles. The molecule has 208 valence electrons. The molecular formula is C31H35N5O4. The number of hydrogen-bond acceptors (Lipinski definition) is 6. The Balaban J connectivity index is 1.48. The Morgan fingerprint density at radius 3 is 2.77 bits per heavy atom. The number of nitrogens with zero attached hydrogens (tertiary/aromatic N) is 4. The molecule has 3 aromatic carbocycles. The van der Waals surface area contributed by atoms with Crippen molar-refractivity contribution in [3.8, 4) is 5.75 Å². The lowest BCUT2D eigenvalue weighted by Gasteiger charge is -2.32. The Kier molecular flexibility index (Phi) is 8.71. The minimum Gasteiger partial charge on any atom is -0.497 e. The highest BCUT2D eigenvalue weighted by Gasteiger charge is 2.33. The van der Waals surface area contributed by atoms with Gasteiger partial charge >= 0.3 is 0 Å². The van der Waals surface area contributed by atoms with Gasteiger partial charge < -0.3 is 19.7 Å². The Morgan fingerprint density at radius 1 is 1.12 bits per heavy atom. The Bertz CT molecular complexity index is 1460. The maximum Gasteiger partial charge on any atom is 0.247 e. The summed E-state index contributed by atoms with van der Waals surface area (Å²) in [7, 11) is 1.59. The maximum absolute atomic E-state index is 14.1. The summed E-state index contributed by atoms with van der Waals surface area (Å²) >= 11 is 0. The third-order valence-corrected chi connectivity index (χ3v) is 7.25. The highest BCUT2D eigenvalue weighted by Crippen LogP contribution is 2.27. The quantitative estimate of drug-likeness (QED) is 0.310. The number of para-hydroxylation sites is 1. The molecular weight excluding hydrogens is 506 g/mol. The van der Waals surface area contributed by atoms with Crippen LogP contribution in [0.3, 0.4) is 0 Å². The fourth-order valence-electron chi connectivity index (χ4n) is 5.17. The second-order valence-corrected chi connectivity index (χ2v) is 10.1. The predicted molar refractivity (Wildman–Crippen MR) is 152 cm³/mol. The van der Waals surface area contributed by atoms with Crippen LogP contribution in [0.1, 0.15) is 35.6 Å². The average Bonchev–Trinajstić information content (AvgIpc) is 3.64. The molecule has 0 unspecified atom stereocenters. The number of ether oxygens (including phenoxy) is 2. The number of rotatable bonds is 11. The van der Waals surface area contributed by atoms with E-state index >= 15 is 0 Å². The highest BCUT2D eigenvalue weighted by molar-refractivity contribution is 5.89. The summed E-state index contributed by atoms with van der Waals surface area (Å²) in [6, 6.07) is 22.2. The van der Waals surface area contributed by atoms with Crippen molar-refractivity contribution < 1.29 is 19.1 Å². The van der Waals surface area contributed by atoms with Crippen LogP contribution in [0.25, 0.3) is 11.0 Å². The first kappa shape index (κ1) is 27.3. The number of nitrogens with one attached hydrogen (secondary N) is 1. The van der Waals surface area contributed by atoms with Crippen LogP contribution in [0.4, 0.5) is 0 Å². The summed E-state index contributed by atoms with van der Waals surface area (Å²) in [5.41, 5.74) is 4.37. The molecule has 9 heteroatoms. The van der Waals surface area contributed by atoms with E-state index in [1.165, 1.54) is 0 Å². The maximum atomic E-state index is 14.1. The van der Waals surface area contributed by atoms with Gasteiger partial charge in [0.2, 0.25) is 11.8 Å². The third-order valence-electron chi connectivity index (χ3n) is 7.25. The zero-order valence-corrected chi connectivity index (χ0v) is 23.0. The molecule has 1 fully saturated rings. The normalized spacial score (nSPS) is 15.6. The topological polar surface area (TPSA) is 98.6 Å². The molecule has 0 aliphatic carbocycles. The molecule has 9 nitrogen and oxygen atoms in total. The van der Waals surface area contributed by atoms with Gasteiger partial charge in [-0.2, -0.15) is 0 Å². The summed E-state index contributed by atoms with van der Waals surface area (Å²) in [6.45, 7) is 3.43. The number of aryl methyl sites for hydroxylation is 1. The second kappa shape index (κ2) is 12.7. The first-order valence-corrected chi connectivity index (χ1v) is 13.7. The molecule has 0 bridgehead atoms. The molecule has 1 aliphatic heterocycles. The number of carbonyl (C=O) groups is 2. The lowest BCUT2D eigenvalue weighted by Crippen LogP contribution is -2.47. The summed E-state index contributed by atoms with van der Waals surface area (Å²) in [5.74, 6) is 0.121. The molecule has 0 spiro atoms. The van der Waals surface area contributed by atoms with Crippen molar-refractivity contribution in [2.24, 2.45) is 0 Å². The van der Waals surface area contributed by atoms with Crippen molar-refractivity contribution in [3.05, 3.63) is 89.5 Å². The zero-order valence-electron chi connectivity index (χ0n) is 23.0. The number of carbonyl (C=O) groups excluding carboxylic acids is 2. The van der Waals surface area contributed by atoms with Crippen LogP contribution in [-0.2, 0) is 27.3 Å². The predicted octanol–water partition coefficient (Wildman–Crippen LogP) is 3.86. The first-order valence-electron chi connectivity index (χ1n) is 13.7. The van der Waals surface area contributed by atoms with Crippen molar-refractivity contribution in [3.63, 3.8) is 0 Å². The van der Waals surface area contributed by atoms with Gasteiger partial charge in [0.1, 0.15) is 23.9 Å². The van der Waals surface area contributed by atoms with Crippen LogP contribution in [0.5, 0.6) is 5.75 Å². The van der Waals surface area contributed by atoms with E-state index in [2.05, 4.69) is 21.7 Å². The van der Waals surface area contributed by atoms with Crippen molar-refractivity contribution in [2.45, 2.75) is 44.9 Å². The molecule has 2 heterocycles. The van der Waals surface area contributed by atoms with E-state index < -0.39 is 6.04 Å². The Morgan fingerprint density at radius 2 is 1.98 bits per heavy atom. The molecule has 5 rings (SSSR count). The fourth-order valence-corrected chi connectivity index (χ4v) is 5.17. The number of amides is 2. The molecule has 0 saturated carbocycles. The SMILES string of the molecule is COc1cccc([C@H](C(=O)NC[C@@H]2CCCO2)N(CCc2cccc(C)c2)C(=O)Cn2nnc3ccccc32)c1. The van der Waals surface area contributed by atoms with Crippen LogP contribution < -0.4 is 10.1 Å². The summed E-state index contributed by atoms with van der Waals surface area (Å²) in [5, 5.41) is 11.5. The molecule has 2 amide bonds.